The monoisotopic (exact) mass is 518 g/mol. The lowest BCUT2D eigenvalue weighted by Crippen LogP contribution is -2.71. The number of alkyl halides is 3. The molecule has 2 heterocycles. The smallest absolute Gasteiger partial charge is 0.246 e. The Balaban J connectivity index is 1.10. The molecule has 4 saturated carbocycles. The van der Waals surface area contributed by atoms with E-state index >= 15 is 0 Å². The summed E-state index contributed by atoms with van der Waals surface area (Å²) < 4.78 is 33.2. The first-order valence-corrected chi connectivity index (χ1v) is 13.5. The minimum atomic E-state index is -1.12. The average Bonchev–Trinajstić information content (AvgIpc) is 3.24. The summed E-state index contributed by atoms with van der Waals surface area (Å²) in [6.07, 6.45) is 2.33. The maximum absolute atomic E-state index is 13.8. The van der Waals surface area contributed by atoms with Crippen LogP contribution < -0.4 is 16.0 Å². The van der Waals surface area contributed by atoms with Crippen LogP contribution in [-0.4, -0.2) is 94.7 Å². The van der Waals surface area contributed by atoms with Gasteiger partial charge in [0.1, 0.15) is 25.0 Å². The highest BCUT2D eigenvalue weighted by atomic mass is 35.5. The fourth-order valence-electron chi connectivity index (χ4n) is 6.77. The Morgan fingerprint density at radius 3 is 2.57 bits per heavy atom. The van der Waals surface area contributed by atoms with Gasteiger partial charge in [0.15, 0.2) is 0 Å². The van der Waals surface area contributed by atoms with E-state index in [1.165, 1.54) is 0 Å². The number of nitrogens with one attached hydrogen (secondary N) is 3. The van der Waals surface area contributed by atoms with E-state index in [0.29, 0.717) is 70.9 Å². The summed E-state index contributed by atoms with van der Waals surface area (Å²) in [4.78, 5) is 27.7. The summed E-state index contributed by atoms with van der Waals surface area (Å²) in [5.41, 5.74) is -1.23. The van der Waals surface area contributed by atoms with Crippen LogP contribution in [0, 0.1) is 0 Å². The molecule has 0 aromatic rings. The van der Waals surface area contributed by atoms with Crippen molar-refractivity contribution in [1.82, 2.24) is 20.9 Å². The average molecular weight is 519 g/mol. The van der Waals surface area contributed by atoms with Crippen molar-refractivity contribution in [1.29, 1.82) is 0 Å². The van der Waals surface area contributed by atoms with Crippen LogP contribution in [0.3, 0.4) is 0 Å². The first-order chi connectivity index (χ1) is 16.7. The van der Waals surface area contributed by atoms with Gasteiger partial charge in [0.2, 0.25) is 11.8 Å². The van der Waals surface area contributed by atoms with Crippen molar-refractivity contribution in [2.45, 2.75) is 117 Å². The predicted molar refractivity (Wildman–Crippen MR) is 125 cm³/mol. The van der Waals surface area contributed by atoms with E-state index in [1.807, 2.05) is 4.90 Å². The zero-order valence-electron chi connectivity index (χ0n) is 20.0. The first-order valence-electron chi connectivity index (χ1n) is 13.0. The van der Waals surface area contributed by atoms with Gasteiger partial charge in [0.25, 0.3) is 0 Å². The van der Waals surface area contributed by atoms with Gasteiger partial charge in [-0.2, -0.15) is 0 Å². The van der Waals surface area contributed by atoms with E-state index in [4.69, 9.17) is 16.3 Å². The van der Waals surface area contributed by atoms with Crippen molar-refractivity contribution in [2.24, 2.45) is 0 Å². The van der Waals surface area contributed by atoms with Gasteiger partial charge in [-0.1, -0.05) is 0 Å². The summed E-state index contributed by atoms with van der Waals surface area (Å²) in [6, 6.07) is -0.389. The number of rotatable bonds is 6. The van der Waals surface area contributed by atoms with Crippen LogP contribution in [0.5, 0.6) is 0 Å². The lowest BCUT2D eigenvalue weighted by atomic mass is 9.59. The van der Waals surface area contributed by atoms with Crippen molar-refractivity contribution >= 4 is 23.4 Å². The van der Waals surface area contributed by atoms with E-state index < -0.39 is 34.9 Å². The zero-order valence-corrected chi connectivity index (χ0v) is 20.7. The molecule has 4 N–H and O–H groups in total. The van der Waals surface area contributed by atoms with Crippen LogP contribution in [0.15, 0.2) is 0 Å². The standard InChI is InChI=1S/C24H37ClF2N4O4/c25-16-3-2-15(9-17(16)27)35-13-21(33)29-24-7-5-23(6-8-24,10-19(24)32)30-22(34)18-12-31-11-14(26)1-4-20(31)28-18/h14-20,28,32H,1-13H2,(H,29,33)(H,30,34). The number of aliphatic hydroxyl groups is 1. The van der Waals surface area contributed by atoms with Crippen molar-refractivity contribution in [3.63, 3.8) is 0 Å². The van der Waals surface area contributed by atoms with Gasteiger partial charge in [0.05, 0.1) is 29.3 Å². The minimum absolute atomic E-state index is 0.0457. The zero-order chi connectivity index (χ0) is 24.8. The molecule has 0 radical (unpaired) electrons. The molecule has 6 aliphatic rings. The minimum Gasteiger partial charge on any atom is -0.391 e. The number of aliphatic hydroxyl groups excluding tert-OH is 1. The Morgan fingerprint density at radius 1 is 1.09 bits per heavy atom. The quantitative estimate of drug-likeness (QED) is 0.395. The predicted octanol–water partition coefficient (Wildman–Crippen LogP) is 1.28. The van der Waals surface area contributed by atoms with Crippen molar-refractivity contribution < 1.29 is 28.2 Å². The number of hydrogen-bond acceptors (Lipinski definition) is 6. The lowest BCUT2D eigenvalue weighted by Gasteiger charge is -2.56. The molecule has 4 aliphatic carbocycles. The molecule has 0 aromatic heterocycles. The van der Waals surface area contributed by atoms with E-state index in [-0.39, 0.29) is 43.2 Å². The number of amides is 2. The SMILES string of the molecule is O=C(COC1CCC(Cl)C(F)C1)NC12CCC(NC(=O)C3CN4CC(F)CCC4N3)(CC1)CC2O. The van der Waals surface area contributed by atoms with E-state index in [1.54, 1.807) is 0 Å². The van der Waals surface area contributed by atoms with Crippen LogP contribution in [0.1, 0.15) is 64.2 Å². The number of nitrogens with zero attached hydrogens (tertiary/aromatic N) is 1. The van der Waals surface area contributed by atoms with Crippen LogP contribution in [0.2, 0.25) is 0 Å². The Bertz CT molecular complexity index is 814. The number of fused-ring (bicyclic) bond motifs is 4. The molecule has 7 unspecified atom stereocenters. The molecule has 2 aliphatic heterocycles. The molecule has 198 valence electrons. The van der Waals surface area contributed by atoms with Crippen molar-refractivity contribution in [3.05, 3.63) is 0 Å². The fraction of sp³-hybridized carbons (Fsp3) is 0.917. The first kappa shape index (κ1) is 25.6. The number of carbonyl (C=O) groups is 2. The molecular formula is C24H37ClF2N4O4. The van der Waals surface area contributed by atoms with Gasteiger partial charge in [-0.15, -0.1) is 11.6 Å². The largest absolute Gasteiger partial charge is 0.391 e. The molecule has 6 fully saturated rings. The van der Waals surface area contributed by atoms with Gasteiger partial charge in [-0.3, -0.25) is 19.8 Å². The van der Waals surface area contributed by atoms with Crippen molar-refractivity contribution in [3.8, 4) is 0 Å². The van der Waals surface area contributed by atoms with E-state index in [9.17, 15) is 23.5 Å². The molecule has 35 heavy (non-hydrogen) atoms. The summed E-state index contributed by atoms with van der Waals surface area (Å²) in [6.45, 7) is 0.677. The molecule has 2 saturated heterocycles. The molecule has 7 atom stereocenters. The Hall–Kier alpha value is -1.07. The van der Waals surface area contributed by atoms with Gasteiger partial charge < -0.3 is 20.5 Å². The molecule has 2 amide bonds. The highest BCUT2D eigenvalue weighted by Crippen LogP contribution is 2.47. The van der Waals surface area contributed by atoms with Crippen molar-refractivity contribution in [2.75, 3.05) is 19.7 Å². The maximum Gasteiger partial charge on any atom is 0.246 e. The van der Waals surface area contributed by atoms with E-state index in [2.05, 4.69) is 16.0 Å². The molecular weight excluding hydrogens is 482 g/mol. The Morgan fingerprint density at radius 2 is 1.86 bits per heavy atom. The molecule has 6 rings (SSSR count). The van der Waals surface area contributed by atoms with Gasteiger partial charge >= 0.3 is 0 Å². The van der Waals surface area contributed by atoms with Crippen LogP contribution in [-0.2, 0) is 14.3 Å². The summed E-state index contributed by atoms with van der Waals surface area (Å²) >= 11 is 5.91. The second-order valence-electron chi connectivity index (χ2n) is 11.3. The van der Waals surface area contributed by atoms with Crippen LogP contribution >= 0.6 is 11.6 Å². The number of halogens is 3. The highest BCUT2D eigenvalue weighted by Gasteiger charge is 2.56. The highest BCUT2D eigenvalue weighted by molar-refractivity contribution is 6.21. The van der Waals surface area contributed by atoms with Crippen LogP contribution in [0.25, 0.3) is 0 Å². The van der Waals surface area contributed by atoms with Crippen LogP contribution in [0.4, 0.5) is 8.78 Å². The maximum atomic E-state index is 13.8. The summed E-state index contributed by atoms with van der Waals surface area (Å²) in [5, 5.41) is 20.0. The van der Waals surface area contributed by atoms with E-state index in [0.717, 1.165) is 0 Å². The third-order valence-electron chi connectivity index (χ3n) is 8.95. The summed E-state index contributed by atoms with van der Waals surface area (Å²) in [7, 11) is 0. The summed E-state index contributed by atoms with van der Waals surface area (Å²) in [5.74, 6) is -0.421. The Labute approximate surface area is 209 Å². The topological polar surface area (TPSA) is 103 Å². The Kier molecular flexibility index (Phi) is 7.31. The number of carbonyl (C=O) groups excluding carboxylic acids is 2. The third-order valence-corrected chi connectivity index (χ3v) is 9.44. The molecule has 2 bridgehead atoms. The van der Waals surface area contributed by atoms with Gasteiger partial charge in [0, 0.05) is 25.0 Å². The molecule has 11 heteroatoms. The number of ether oxygens (including phenoxy) is 1. The van der Waals surface area contributed by atoms with Gasteiger partial charge in [-0.25, -0.2) is 8.78 Å². The van der Waals surface area contributed by atoms with Gasteiger partial charge in [-0.05, 0) is 57.8 Å². The second-order valence-corrected chi connectivity index (χ2v) is 11.9. The molecule has 0 aromatic carbocycles. The second kappa shape index (κ2) is 10.0. The lowest BCUT2D eigenvalue weighted by molar-refractivity contribution is -0.140. The number of piperidine rings is 1. The molecule has 8 nitrogen and oxygen atoms in total. The normalized spacial score (nSPS) is 45.7. The molecule has 0 spiro atoms. The fourth-order valence-corrected chi connectivity index (χ4v) is 7.00. The number of hydrogen-bond donors (Lipinski definition) is 4. The third kappa shape index (κ3) is 5.32.